The molecule has 2 atom stereocenters. The van der Waals surface area contributed by atoms with Crippen molar-refractivity contribution in [2.24, 2.45) is 5.92 Å². The van der Waals surface area contributed by atoms with Gasteiger partial charge in [0.2, 0.25) is 10.0 Å². The third-order valence-corrected chi connectivity index (χ3v) is 5.84. The van der Waals surface area contributed by atoms with Gasteiger partial charge in [0.1, 0.15) is 17.3 Å². The summed E-state index contributed by atoms with van der Waals surface area (Å²) in [5.74, 6) is 2.03. The van der Waals surface area contributed by atoms with Crippen molar-refractivity contribution >= 4 is 10.0 Å². The Bertz CT molecular complexity index is 784. The number of hydrogen-bond acceptors (Lipinski definition) is 3. The maximum atomic E-state index is 13.2. The highest BCUT2D eigenvalue weighted by Crippen LogP contribution is 2.47. The fourth-order valence-electron chi connectivity index (χ4n) is 2.51. The Hall–Kier alpha value is -1.66. The van der Waals surface area contributed by atoms with Crippen LogP contribution in [0.15, 0.2) is 45.7 Å². The SMILES string of the molecule is C[C@@H]1C[C@@H]1c1ccc(CN(C)S(=O)(=O)c2cccc(F)c2)o1. The summed E-state index contributed by atoms with van der Waals surface area (Å²) in [6.07, 6.45) is 1.12. The summed E-state index contributed by atoms with van der Waals surface area (Å²) in [5.41, 5.74) is 0. The molecule has 0 N–H and O–H groups in total. The van der Waals surface area contributed by atoms with Crippen LogP contribution in [-0.4, -0.2) is 19.8 Å². The topological polar surface area (TPSA) is 50.5 Å². The first-order valence-corrected chi connectivity index (χ1v) is 8.62. The molecular formula is C16H18FNO3S. The molecule has 1 aromatic heterocycles. The maximum Gasteiger partial charge on any atom is 0.243 e. The van der Waals surface area contributed by atoms with E-state index in [1.165, 1.54) is 29.6 Å². The predicted molar refractivity (Wildman–Crippen MR) is 80.3 cm³/mol. The van der Waals surface area contributed by atoms with Crippen molar-refractivity contribution in [1.82, 2.24) is 4.31 Å². The van der Waals surface area contributed by atoms with Crippen LogP contribution in [-0.2, 0) is 16.6 Å². The fourth-order valence-corrected chi connectivity index (χ4v) is 3.68. The molecule has 2 aromatic rings. The number of rotatable bonds is 5. The normalized spacial score (nSPS) is 21.3. The van der Waals surface area contributed by atoms with Crippen LogP contribution in [0, 0.1) is 11.7 Å². The van der Waals surface area contributed by atoms with E-state index >= 15 is 0 Å². The minimum absolute atomic E-state index is 0.0578. The number of furan rings is 1. The molecule has 0 bridgehead atoms. The lowest BCUT2D eigenvalue weighted by atomic mass is 10.3. The zero-order valence-corrected chi connectivity index (χ0v) is 13.3. The third-order valence-electron chi connectivity index (χ3n) is 4.04. The lowest BCUT2D eigenvalue weighted by molar-refractivity contribution is 0.389. The summed E-state index contributed by atoms with van der Waals surface area (Å²) in [6, 6.07) is 8.72. The molecule has 0 unspecified atom stereocenters. The predicted octanol–water partition coefficient (Wildman–Crippen LogP) is 3.36. The molecule has 1 saturated carbocycles. The van der Waals surface area contributed by atoms with Crippen LogP contribution in [0.1, 0.15) is 30.8 Å². The molecule has 3 rings (SSSR count). The largest absolute Gasteiger partial charge is 0.464 e. The molecule has 118 valence electrons. The van der Waals surface area contributed by atoms with Crippen molar-refractivity contribution in [1.29, 1.82) is 0 Å². The van der Waals surface area contributed by atoms with Crippen molar-refractivity contribution < 1.29 is 17.2 Å². The Morgan fingerprint density at radius 2 is 2.05 bits per heavy atom. The molecule has 1 heterocycles. The molecule has 6 heteroatoms. The van der Waals surface area contributed by atoms with Crippen LogP contribution in [0.5, 0.6) is 0 Å². The number of benzene rings is 1. The highest BCUT2D eigenvalue weighted by atomic mass is 32.2. The Labute approximate surface area is 129 Å². The first-order chi connectivity index (χ1) is 10.4. The summed E-state index contributed by atoms with van der Waals surface area (Å²) in [6.45, 7) is 2.29. The smallest absolute Gasteiger partial charge is 0.243 e. The molecule has 1 aromatic carbocycles. The second-order valence-electron chi connectivity index (χ2n) is 5.84. The highest BCUT2D eigenvalue weighted by Gasteiger charge is 2.36. The molecule has 22 heavy (non-hydrogen) atoms. The summed E-state index contributed by atoms with van der Waals surface area (Å²) in [4.78, 5) is -0.0578. The van der Waals surface area contributed by atoms with Gasteiger partial charge in [-0.3, -0.25) is 0 Å². The number of sulfonamides is 1. The molecule has 1 aliphatic carbocycles. The minimum atomic E-state index is -3.73. The molecule has 0 saturated heterocycles. The van der Waals surface area contributed by atoms with E-state index in [0.29, 0.717) is 17.6 Å². The zero-order valence-electron chi connectivity index (χ0n) is 12.5. The molecule has 1 aliphatic rings. The third kappa shape index (κ3) is 2.94. The fraction of sp³-hybridized carbons (Fsp3) is 0.375. The summed E-state index contributed by atoms with van der Waals surface area (Å²) >= 11 is 0. The first-order valence-electron chi connectivity index (χ1n) is 7.18. The highest BCUT2D eigenvalue weighted by molar-refractivity contribution is 7.89. The van der Waals surface area contributed by atoms with Crippen molar-refractivity contribution in [2.45, 2.75) is 30.7 Å². The lowest BCUT2D eigenvalue weighted by Crippen LogP contribution is -2.26. The van der Waals surface area contributed by atoms with Crippen molar-refractivity contribution in [3.8, 4) is 0 Å². The van der Waals surface area contributed by atoms with Gasteiger partial charge in [0.05, 0.1) is 11.4 Å². The van der Waals surface area contributed by atoms with E-state index < -0.39 is 15.8 Å². The van der Waals surface area contributed by atoms with Crippen LogP contribution in [0.2, 0.25) is 0 Å². The van der Waals surface area contributed by atoms with Gasteiger partial charge in [0, 0.05) is 13.0 Å². The van der Waals surface area contributed by atoms with E-state index in [4.69, 9.17) is 4.42 Å². The quantitative estimate of drug-likeness (QED) is 0.848. The summed E-state index contributed by atoms with van der Waals surface area (Å²) < 4.78 is 44.9. The van der Waals surface area contributed by atoms with Crippen LogP contribution >= 0.6 is 0 Å². The van der Waals surface area contributed by atoms with E-state index in [1.54, 1.807) is 6.07 Å². The number of halogens is 1. The van der Waals surface area contributed by atoms with Gasteiger partial charge in [0.15, 0.2) is 0 Å². The second-order valence-corrected chi connectivity index (χ2v) is 7.89. The van der Waals surface area contributed by atoms with E-state index in [1.807, 2.05) is 6.07 Å². The molecule has 0 spiro atoms. The zero-order chi connectivity index (χ0) is 15.9. The van der Waals surface area contributed by atoms with Crippen LogP contribution in [0.4, 0.5) is 4.39 Å². The van der Waals surface area contributed by atoms with Gasteiger partial charge < -0.3 is 4.42 Å². The average Bonchev–Trinajstić information content (AvgIpc) is 3.02. The molecule has 1 fully saturated rings. The Morgan fingerprint density at radius 3 is 2.68 bits per heavy atom. The first kappa shape index (κ1) is 15.2. The van der Waals surface area contributed by atoms with Crippen molar-refractivity contribution in [3.05, 3.63) is 53.7 Å². The van der Waals surface area contributed by atoms with Crippen LogP contribution in [0.25, 0.3) is 0 Å². The van der Waals surface area contributed by atoms with Gasteiger partial charge in [0.25, 0.3) is 0 Å². The van der Waals surface area contributed by atoms with Crippen molar-refractivity contribution in [2.75, 3.05) is 7.05 Å². The second kappa shape index (κ2) is 5.52. The summed E-state index contributed by atoms with van der Waals surface area (Å²) in [7, 11) is -2.27. The standard InChI is InChI=1S/C16H18FNO3S/c1-11-8-15(11)16-7-6-13(21-16)10-18(2)22(19,20)14-5-3-4-12(17)9-14/h3-7,9,11,15H,8,10H2,1-2H3/t11-,15+/m1/s1. The van der Waals surface area contributed by atoms with Gasteiger partial charge in [-0.25, -0.2) is 12.8 Å². The van der Waals surface area contributed by atoms with E-state index in [9.17, 15) is 12.8 Å². The van der Waals surface area contributed by atoms with Crippen molar-refractivity contribution in [3.63, 3.8) is 0 Å². The van der Waals surface area contributed by atoms with Gasteiger partial charge in [-0.15, -0.1) is 0 Å². The number of nitrogens with zero attached hydrogens (tertiary/aromatic N) is 1. The molecule has 0 amide bonds. The number of hydrogen-bond donors (Lipinski definition) is 0. The Kier molecular flexibility index (Phi) is 3.82. The van der Waals surface area contributed by atoms with E-state index in [2.05, 4.69) is 6.92 Å². The van der Waals surface area contributed by atoms with Gasteiger partial charge in [-0.05, 0) is 42.7 Å². The minimum Gasteiger partial charge on any atom is -0.464 e. The van der Waals surface area contributed by atoms with Crippen LogP contribution < -0.4 is 0 Å². The maximum absolute atomic E-state index is 13.2. The van der Waals surface area contributed by atoms with Gasteiger partial charge in [-0.2, -0.15) is 4.31 Å². The Balaban J connectivity index is 1.76. The molecule has 0 radical (unpaired) electrons. The van der Waals surface area contributed by atoms with Crippen LogP contribution in [0.3, 0.4) is 0 Å². The summed E-state index contributed by atoms with van der Waals surface area (Å²) in [5, 5.41) is 0. The average molecular weight is 323 g/mol. The lowest BCUT2D eigenvalue weighted by Gasteiger charge is -2.16. The van der Waals surface area contributed by atoms with E-state index in [-0.39, 0.29) is 11.4 Å². The Morgan fingerprint density at radius 1 is 1.32 bits per heavy atom. The van der Waals surface area contributed by atoms with E-state index in [0.717, 1.165) is 18.2 Å². The molecule has 4 nitrogen and oxygen atoms in total. The molecule has 0 aliphatic heterocycles. The van der Waals surface area contributed by atoms with Gasteiger partial charge in [-0.1, -0.05) is 13.0 Å². The molecular weight excluding hydrogens is 305 g/mol. The monoisotopic (exact) mass is 323 g/mol. The van der Waals surface area contributed by atoms with Gasteiger partial charge >= 0.3 is 0 Å².